The van der Waals surface area contributed by atoms with Crippen molar-refractivity contribution in [2.45, 2.75) is 63.3 Å². The lowest BCUT2D eigenvalue weighted by Gasteiger charge is -2.33. The number of ether oxygens (including phenoxy) is 1. The van der Waals surface area contributed by atoms with Crippen LogP contribution in [0, 0.1) is 23.2 Å². The molecule has 2 aliphatic rings. The molecule has 0 radical (unpaired) electrons. The highest BCUT2D eigenvalue weighted by Crippen LogP contribution is 2.34. The van der Waals surface area contributed by atoms with Crippen LogP contribution in [0.4, 0.5) is 24.8 Å². The van der Waals surface area contributed by atoms with Crippen LogP contribution >= 0.6 is 0 Å². The van der Waals surface area contributed by atoms with E-state index in [2.05, 4.69) is 27.9 Å². The number of aromatic nitrogens is 2. The molecular formula is C29H32F3N5O3. The largest absolute Gasteiger partial charge is 0.451 e. The Morgan fingerprint density at radius 3 is 2.48 bits per heavy atom. The van der Waals surface area contributed by atoms with Gasteiger partial charge in [-0.1, -0.05) is 24.0 Å². The van der Waals surface area contributed by atoms with E-state index in [-0.39, 0.29) is 36.7 Å². The van der Waals surface area contributed by atoms with Gasteiger partial charge in [0.15, 0.2) is 5.78 Å². The number of piperidine rings is 1. The number of ketones is 1. The summed E-state index contributed by atoms with van der Waals surface area (Å²) in [6.07, 6.45) is -0.741. The number of alkyl halides is 3. The minimum Gasteiger partial charge on any atom is -0.384 e. The standard InChI is InChI=1S/C29H32F3N5O3/c30-29(31,32)28-34-26(36-15-12-23(13-16-36)40-18-2-1-17-38)19-27(35-28)37-14-4-6-24(37)25(39)7-3-5-21-8-10-22(20-33)11-9-21/h8-11,19,23-24,38H,3-7,12-18H2/t24-/m0/s1. The van der Waals surface area contributed by atoms with E-state index in [0.717, 1.165) is 5.56 Å². The van der Waals surface area contributed by atoms with Crippen LogP contribution in [0.2, 0.25) is 0 Å². The van der Waals surface area contributed by atoms with Crippen LogP contribution in [0.3, 0.4) is 0 Å². The third-order valence-electron chi connectivity index (χ3n) is 7.20. The molecule has 2 saturated heterocycles. The Labute approximate surface area is 231 Å². The van der Waals surface area contributed by atoms with Crippen LogP contribution in [0.5, 0.6) is 0 Å². The number of hydrogen-bond acceptors (Lipinski definition) is 8. The third-order valence-corrected chi connectivity index (χ3v) is 7.20. The first-order chi connectivity index (χ1) is 19.3. The van der Waals surface area contributed by atoms with Crippen LogP contribution in [-0.2, 0) is 22.1 Å². The van der Waals surface area contributed by atoms with Gasteiger partial charge in [0.1, 0.15) is 24.8 Å². The van der Waals surface area contributed by atoms with Gasteiger partial charge in [-0.25, -0.2) is 9.97 Å². The summed E-state index contributed by atoms with van der Waals surface area (Å²) in [5, 5.41) is 17.7. The lowest BCUT2D eigenvalue weighted by molar-refractivity contribution is -0.144. The number of aryl methyl sites for hydroxylation is 1. The zero-order chi connectivity index (χ0) is 28.5. The molecule has 2 aromatic rings. The first kappa shape index (κ1) is 29.3. The maximum absolute atomic E-state index is 13.8. The number of aliphatic hydroxyl groups is 1. The molecule has 11 heteroatoms. The second-order valence-corrected chi connectivity index (χ2v) is 9.89. The molecule has 0 spiro atoms. The first-order valence-corrected chi connectivity index (χ1v) is 13.5. The Balaban J connectivity index is 1.42. The molecule has 0 unspecified atom stereocenters. The molecule has 1 N–H and O–H groups in total. The lowest BCUT2D eigenvalue weighted by Crippen LogP contribution is -2.39. The van der Waals surface area contributed by atoms with Gasteiger partial charge in [-0.05, 0) is 56.2 Å². The van der Waals surface area contributed by atoms with Gasteiger partial charge >= 0.3 is 6.18 Å². The summed E-state index contributed by atoms with van der Waals surface area (Å²) in [7, 11) is 0. The van der Waals surface area contributed by atoms with Gasteiger partial charge in [0.05, 0.1) is 23.8 Å². The third kappa shape index (κ3) is 7.71. The second-order valence-electron chi connectivity index (χ2n) is 9.89. The van der Waals surface area contributed by atoms with Gasteiger partial charge in [-0.2, -0.15) is 18.4 Å². The number of carbonyl (C=O) groups is 1. The van der Waals surface area contributed by atoms with E-state index in [1.165, 1.54) is 0 Å². The van der Waals surface area contributed by atoms with Gasteiger partial charge in [-0.3, -0.25) is 4.79 Å². The molecule has 0 bridgehead atoms. The van der Waals surface area contributed by atoms with E-state index < -0.39 is 18.0 Å². The summed E-state index contributed by atoms with van der Waals surface area (Å²) in [6, 6.07) is 10.3. The van der Waals surface area contributed by atoms with Crippen molar-refractivity contribution in [2.75, 3.05) is 42.6 Å². The summed E-state index contributed by atoms with van der Waals surface area (Å²) in [5.41, 5.74) is 1.60. The normalized spacial score (nSPS) is 17.8. The van der Waals surface area contributed by atoms with Crippen molar-refractivity contribution in [3.05, 3.63) is 47.3 Å². The molecule has 8 nitrogen and oxygen atoms in total. The molecule has 40 heavy (non-hydrogen) atoms. The molecule has 4 rings (SSSR count). The van der Waals surface area contributed by atoms with E-state index in [0.29, 0.717) is 70.1 Å². The van der Waals surface area contributed by atoms with Gasteiger partial charge in [0, 0.05) is 32.1 Å². The molecule has 1 atom stereocenters. The number of anilines is 2. The summed E-state index contributed by atoms with van der Waals surface area (Å²) in [4.78, 5) is 24.3. The number of aliphatic hydroxyl groups excluding tert-OH is 1. The van der Waals surface area contributed by atoms with Crippen molar-refractivity contribution < 1.29 is 27.8 Å². The van der Waals surface area contributed by atoms with Crippen molar-refractivity contribution in [1.29, 1.82) is 5.26 Å². The predicted octanol–water partition coefficient (Wildman–Crippen LogP) is 3.91. The Bertz CT molecular complexity index is 1260. The second kappa shape index (κ2) is 13.6. The van der Waals surface area contributed by atoms with Gasteiger partial charge in [-0.15, -0.1) is 0 Å². The van der Waals surface area contributed by atoms with Crippen molar-refractivity contribution in [2.24, 2.45) is 0 Å². The molecule has 0 amide bonds. The van der Waals surface area contributed by atoms with E-state index >= 15 is 0 Å². The van der Waals surface area contributed by atoms with Gasteiger partial charge in [0.2, 0.25) is 5.82 Å². The number of carbonyl (C=O) groups excluding carboxylic acids is 1. The van der Waals surface area contributed by atoms with E-state index in [4.69, 9.17) is 15.1 Å². The number of Topliss-reactive ketones (excluding diaryl/α,β-unsaturated/α-hetero) is 1. The zero-order valence-electron chi connectivity index (χ0n) is 22.2. The minimum absolute atomic E-state index is 0.0119. The van der Waals surface area contributed by atoms with Crippen LogP contribution in [0.1, 0.15) is 55.5 Å². The fourth-order valence-corrected chi connectivity index (χ4v) is 5.13. The Kier molecular flexibility index (Phi) is 9.97. The van der Waals surface area contributed by atoms with Gasteiger partial charge < -0.3 is 19.6 Å². The minimum atomic E-state index is -4.72. The first-order valence-electron chi connectivity index (χ1n) is 13.5. The molecule has 0 saturated carbocycles. The number of halogens is 3. The Morgan fingerprint density at radius 2 is 1.80 bits per heavy atom. The quantitative estimate of drug-likeness (QED) is 0.465. The molecule has 2 aliphatic heterocycles. The fraction of sp³-hybridized carbons (Fsp3) is 0.517. The highest BCUT2D eigenvalue weighted by atomic mass is 19.4. The lowest BCUT2D eigenvalue weighted by atomic mass is 10.0. The van der Waals surface area contributed by atoms with Crippen LogP contribution in [0.25, 0.3) is 0 Å². The molecular weight excluding hydrogens is 523 g/mol. The molecule has 212 valence electrons. The molecule has 1 aromatic heterocycles. The van der Waals surface area contributed by atoms with Crippen LogP contribution in [-0.4, -0.2) is 65.9 Å². The van der Waals surface area contributed by atoms with E-state index in [1.54, 1.807) is 28.0 Å². The highest BCUT2D eigenvalue weighted by Gasteiger charge is 2.38. The molecule has 2 fully saturated rings. The SMILES string of the molecule is N#Cc1ccc(CCCC(=O)[C@@H]2CCCN2c2cc(N3CCC(OCC#CCO)CC3)nc(C(F)(F)F)n2)cc1. The molecule has 1 aromatic carbocycles. The number of rotatable bonds is 9. The average Bonchev–Trinajstić information content (AvgIpc) is 3.46. The van der Waals surface area contributed by atoms with E-state index in [9.17, 15) is 18.0 Å². The molecule has 3 heterocycles. The van der Waals surface area contributed by atoms with Crippen molar-refractivity contribution in [1.82, 2.24) is 9.97 Å². The zero-order valence-corrected chi connectivity index (χ0v) is 22.2. The monoisotopic (exact) mass is 555 g/mol. The number of nitrogens with zero attached hydrogens (tertiary/aromatic N) is 5. The smallest absolute Gasteiger partial charge is 0.384 e. The summed E-state index contributed by atoms with van der Waals surface area (Å²) in [6.45, 7) is 1.33. The number of hydrogen-bond donors (Lipinski definition) is 1. The number of benzene rings is 1. The average molecular weight is 556 g/mol. The molecule has 0 aliphatic carbocycles. The van der Waals surface area contributed by atoms with Crippen molar-refractivity contribution in [3.8, 4) is 17.9 Å². The summed E-state index contributed by atoms with van der Waals surface area (Å²) >= 11 is 0. The van der Waals surface area contributed by atoms with E-state index in [1.807, 2.05) is 12.1 Å². The van der Waals surface area contributed by atoms with Crippen LogP contribution in [0.15, 0.2) is 30.3 Å². The van der Waals surface area contributed by atoms with Crippen molar-refractivity contribution in [3.63, 3.8) is 0 Å². The van der Waals surface area contributed by atoms with Gasteiger partial charge in [0.25, 0.3) is 0 Å². The summed E-state index contributed by atoms with van der Waals surface area (Å²) < 4.78 is 47.1. The maximum atomic E-state index is 13.8. The topological polar surface area (TPSA) is 103 Å². The van der Waals surface area contributed by atoms with Crippen LogP contribution < -0.4 is 9.80 Å². The maximum Gasteiger partial charge on any atom is 0.451 e. The predicted molar refractivity (Wildman–Crippen MR) is 143 cm³/mol. The summed E-state index contributed by atoms with van der Waals surface area (Å²) in [5.74, 6) is 4.31. The number of nitriles is 1. The highest BCUT2D eigenvalue weighted by molar-refractivity contribution is 5.87. The Hall–Kier alpha value is -3.67. The van der Waals surface area contributed by atoms with Crippen molar-refractivity contribution >= 4 is 17.4 Å². The fourth-order valence-electron chi connectivity index (χ4n) is 5.13. The Morgan fingerprint density at radius 1 is 1.07 bits per heavy atom.